The van der Waals surface area contributed by atoms with Crippen molar-refractivity contribution in [2.75, 3.05) is 0 Å². The predicted octanol–water partition coefficient (Wildman–Crippen LogP) is 4.03. The lowest BCUT2D eigenvalue weighted by atomic mass is 9.97. The summed E-state index contributed by atoms with van der Waals surface area (Å²) in [6.07, 6.45) is 1.94. The van der Waals surface area contributed by atoms with Gasteiger partial charge in [0.15, 0.2) is 0 Å². The molecule has 1 aliphatic rings. The quantitative estimate of drug-likeness (QED) is 0.735. The van der Waals surface area contributed by atoms with Crippen LogP contribution in [-0.2, 0) is 6.54 Å². The minimum absolute atomic E-state index is 0.120. The topological polar surface area (TPSA) is 29.9 Å². The van der Waals surface area contributed by atoms with Crippen molar-refractivity contribution in [3.63, 3.8) is 0 Å². The van der Waals surface area contributed by atoms with Gasteiger partial charge in [0.05, 0.1) is 23.6 Å². The lowest BCUT2D eigenvalue weighted by Crippen LogP contribution is -2.20. The van der Waals surface area contributed by atoms with Crippen LogP contribution in [0.3, 0.4) is 0 Å². The summed E-state index contributed by atoms with van der Waals surface area (Å²) in [6.45, 7) is 2.80. The molecule has 0 bridgehead atoms. The van der Waals surface area contributed by atoms with Gasteiger partial charge in [-0.1, -0.05) is 41.9 Å². The van der Waals surface area contributed by atoms with E-state index in [-0.39, 0.29) is 6.04 Å². The highest BCUT2D eigenvalue weighted by Gasteiger charge is 2.24. The van der Waals surface area contributed by atoms with E-state index < -0.39 is 0 Å². The molecule has 1 aliphatic heterocycles. The van der Waals surface area contributed by atoms with E-state index in [1.54, 1.807) is 0 Å². The number of fused-ring (bicyclic) bond motifs is 3. The Morgan fingerprint density at radius 1 is 1.18 bits per heavy atom. The molecule has 1 aromatic heterocycles. The number of benzene rings is 2. The standard InChI is InChI=1S/C18H16ClN3/c1-12-20-10-15-11-21-18(13-5-3-2-4-6-13)16-9-14(19)7-8-17(16)22(12)15/h2-10,18,21H,11H2,1H3. The molecule has 0 spiro atoms. The van der Waals surface area contributed by atoms with Crippen LogP contribution in [0, 0.1) is 6.92 Å². The van der Waals surface area contributed by atoms with Crippen molar-refractivity contribution < 1.29 is 0 Å². The molecular formula is C18H16ClN3. The molecule has 3 nitrogen and oxygen atoms in total. The Balaban J connectivity index is 1.95. The molecule has 2 aromatic carbocycles. The molecule has 0 aliphatic carbocycles. The van der Waals surface area contributed by atoms with Crippen LogP contribution in [0.4, 0.5) is 0 Å². The molecule has 4 heteroatoms. The van der Waals surface area contributed by atoms with Gasteiger partial charge in [-0.25, -0.2) is 4.98 Å². The van der Waals surface area contributed by atoms with E-state index in [1.807, 2.05) is 25.3 Å². The molecule has 0 radical (unpaired) electrons. The molecule has 0 saturated heterocycles. The van der Waals surface area contributed by atoms with Crippen molar-refractivity contribution in [3.8, 4) is 5.69 Å². The summed E-state index contributed by atoms with van der Waals surface area (Å²) in [6, 6.07) is 16.7. The smallest absolute Gasteiger partial charge is 0.110 e. The Morgan fingerprint density at radius 3 is 2.82 bits per heavy atom. The molecule has 1 atom stereocenters. The molecule has 1 N–H and O–H groups in total. The van der Waals surface area contributed by atoms with Crippen LogP contribution in [0.15, 0.2) is 54.7 Å². The van der Waals surface area contributed by atoms with Crippen LogP contribution in [0.2, 0.25) is 5.02 Å². The fourth-order valence-electron chi connectivity index (χ4n) is 3.16. The van der Waals surface area contributed by atoms with Crippen molar-refractivity contribution >= 4 is 11.6 Å². The normalized spacial score (nSPS) is 16.7. The summed E-state index contributed by atoms with van der Waals surface area (Å²) in [5.41, 5.74) is 4.73. The van der Waals surface area contributed by atoms with E-state index in [4.69, 9.17) is 11.6 Å². The van der Waals surface area contributed by atoms with Crippen LogP contribution in [-0.4, -0.2) is 9.55 Å². The summed E-state index contributed by atoms with van der Waals surface area (Å²) in [5.74, 6) is 0.995. The van der Waals surface area contributed by atoms with Gasteiger partial charge in [-0.2, -0.15) is 0 Å². The van der Waals surface area contributed by atoms with Crippen LogP contribution in [0.25, 0.3) is 5.69 Å². The maximum Gasteiger partial charge on any atom is 0.110 e. The average molecular weight is 310 g/mol. The zero-order valence-electron chi connectivity index (χ0n) is 12.3. The predicted molar refractivity (Wildman–Crippen MR) is 88.4 cm³/mol. The molecule has 0 fully saturated rings. The Kier molecular flexibility index (Phi) is 3.25. The second-order valence-electron chi connectivity index (χ2n) is 5.56. The molecule has 4 rings (SSSR count). The first kappa shape index (κ1) is 13.6. The third-order valence-electron chi connectivity index (χ3n) is 4.17. The molecule has 3 aromatic rings. The molecule has 0 saturated carbocycles. The van der Waals surface area contributed by atoms with Gasteiger partial charge in [0.2, 0.25) is 0 Å². The number of aryl methyl sites for hydroxylation is 1. The first-order valence-corrected chi connectivity index (χ1v) is 7.73. The van der Waals surface area contributed by atoms with Crippen LogP contribution in [0.1, 0.15) is 28.7 Å². The van der Waals surface area contributed by atoms with E-state index in [9.17, 15) is 0 Å². The maximum atomic E-state index is 6.27. The lowest BCUT2D eigenvalue weighted by Gasteiger charge is -2.20. The molecule has 1 unspecified atom stereocenters. The van der Waals surface area contributed by atoms with E-state index in [0.29, 0.717) is 0 Å². The van der Waals surface area contributed by atoms with Crippen molar-refractivity contribution in [1.82, 2.24) is 14.9 Å². The van der Waals surface area contributed by atoms with E-state index in [2.05, 4.69) is 51.3 Å². The summed E-state index contributed by atoms with van der Waals surface area (Å²) in [4.78, 5) is 4.45. The number of aromatic nitrogens is 2. The van der Waals surface area contributed by atoms with Crippen LogP contribution in [0.5, 0.6) is 0 Å². The van der Waals surface area contributed by atoms with Gasteiger partial charge in [0.25, 0.3) is 0 Å². The molecule has 22 heavy (non-hydrogen) atoms. The minimum Gasteiger partial charge on any atom is -0.300 e. The highest BCUT2D eigenvalue weighted by Crippen LogP contribution is 2.33. The summed E-state index contributed by atoms with van der Waals surface area (Å²) in [7, 11) is 0. The number of nitrogens with one attached hydrogen (secondary N) is 1. The van der Waals surface area contributed by atoms with E-state index >= 15 is 0 Å². The van der Waals surface area contributed by atoms with Crippen molar-refractivity contribution in [1.29, 1.82) is 0 Å². The number of imidazole rings is 1. The number of halogens is 1. The third kappa shape index (κ3) is 2.14. The van der Waals surface area contributed by atoms with Crippen molar-refractivity contribution in [2.24, 2.45) is 0 Å². The molecular weight excluding hydrogens is 294 g/mol. The first-order chi connectivity index (χ1) is 10.7. The monoisotopic (exact) mass is 309 g/mol. The third-order valence-corrected chi connectivity index (χ3v) is 4.41. The van der Waals surface area contributed by atoms with Crippen LogP contribution >= 0.6 is 11.6 Å². The van der Waals surface area contributed by atoms with Gasteiger partial charge >= 0.3 is 0 Å². The van der Waals surface area contributed by atoms with E-state index in [0.717, 1.165) is 23.1 Å². The number of hydrogen-bond donors (Lipinski definition) is 1. The van der Waals surface area contributed by atoms with Gasteiger partial charge in [-0.05, 0) is 36.2 Å². The number of nitrogens with zero attached hydrogens (tertiary/aromatic N) is 2. The average Bonchev–Trinajstić information content (AvgIpc) is 2.82. The SMILES string of the molecule is Cc1ncc2n1-c1ccc(Cl)cc1C(c1ccccc1)NC2. The minimum atomic E-state index is 0.120. The first-order valence-electron chi connectivity index (χ1n) is 7.35. The summed E-state index contributed by atoms with van der Waals surface area (Å²) >= 11 is 6.27. The van der Waals surface area contributed by atoms with Gasteiger partial charge < -0.3 is 5.32 Å². The number of hydrogen-bond acceptors (Lipinski definition) is 2. The lowest BCUT2D eigenvalue weighted by molar-refractivity contribution is 0.609. The zero-order chi connectivity index (χ0) is 15.1. The largest absolute Gasteiger partial charge is 0.300 e. The fraction of sp³-hybridized carbons (Fsp3) is 0.167. The van der Waals surface area contributed by atoms with Gasteiger partial charge in [0.1, 0.15) is 5.82 Å². The Hall–Kier alpha value is -2.10. The van der Waals surface area contributed by atoms with Crippen LogP contribution < -0.4 is 5.32 Å². The van der Waals surface area contributed by atoms with Gasteiger partial charge in [-0.3, -0.25) is 4.57 Å². The highest BCUT2D eigenvalue weighted by molar-refractivity contribution is 6.30. The second-order valence-corrected chi connectivity index (χ2v) is 6.00. The Labute approximate surface area is 134 Å². The molecule has 2 heterocycles. The summed E-state index contributed by atoms with van der Waals surface area (Å²) < 4.78 is 2.21. The maximum absolute atomic E-state index is 6.27. The number of rotatable bonds is 1. The zero-order valence-corrected chi connectivity index (χ0v) is 13.0. The molecule has 0 amide bonds. The van der Waals surface area contributed by atoms with Crippen molar-refractivity contribution in [2.45, 2.75) is 19.5 Å². The van der Waals surface area contributed by atoms with Crippen molar-refractivity contribution in [3.05, 3.63) is 82.4 Å². The Morgan fingerprint density at radius 2 is 2.00 bits per heavy atom. The Bertz CT molecular complexity index is 824. The van der Waals surface area contributed by atoms with Gasteiger partial charge in [0, 0.05) is 11.6 Å². The molecule has 110 valence electrons. The fourth-order valence-corrected chi connectivity index (χ4v) is 3.35. The summed E-state index contributed by atoms with van der Waals surface area (Å²) in [5, 5.41) is 4.38. The van der Waals surface area contributed by atoms with E-state index in [1.165, 1.54) is 16.8 Å². The second kappa shape index (κ2) is 5.27. The highest BCUT2D eigenvalue weighted by atomic mass is 35.5. The van der Waals surface area contributed by atoms with Gasteiger partial charge in [-0.15, -0.1) is 0 Å².